The van der Waals surface area contributed by atoms with Gasteiger partial charge >= 0.3 is 12.1 Å². The minimum absolute atomic E-state index is 0.0476. The van der Waals surface area contributed by atoms with Gasteiger partial charge in [-0.2, -0.15) is 13.2 Å². The Labute approximate surface area is 146 Å². The quantitative estimate of drug-likeness (QED) is 0.658. The third kappa shape index (κ3) is 3.20. The summed E-state index contributed by atoms with van der Waals surface area (Å²) in [5, 5.41) is 0. The van der Waals surface area contributed by atoms with Gasteiger partial charge in [-0.15, -0.1) is 0 Å². The molecule has 4 nitrogen and oxygen atoms in total. The van der Waals surface area contributed by atoms with Crippen molar-refractivity contribution in [1.29, 1.82) is 0 Å². The molecule has 0 atom stereocenters. The molecule has 0 spiro atoms. The smallest absolute Gasteiger partial charge is 0.416 e. The minimum atomic E-state index is -4.54. The first-order valence-corrected chi connectivity index (χ1v) is 7.82. The van der Waals surface area contributed by atoms with Crippen molar-refractivity contribution in [2.75, 3.05) is 6.61 Å². The van der Waals surface area contributed by atoms with E-state index in [1.165, 1.54) is 22.7 Å². The third-order valence-electron chi connectivity index (χ3n) is 3.87. The van der Waals surface area contributed by atoms with Gasteiger partial charge in [-0.1, -0.05) is 18.2 Å². The van der Waals surface area contributed by atoms with E-state index in [0.717, 1.165) is 18.2 Å². The summed E-state index contributed by atoms with van der Waals surface area (Å²) in [7, 11) is 0. The maximum Gasteiger partial charge on any atom is 0.416 e. The number of carbonyl (C=O) groups excluding carboxylic acids is 1. The van der Waals surface area contributed by atoms with Crippen LogP contribution in [0, 0.1) is 0 Å². The lowest BCUT2D eigenvalue weighted by Crippen LogP contribution is -2.18. The van der Waals surface area contributed by atoms with Crippen LogP contribution in [0.2, 0.25) is 0 Å². The highest BCUT2D eigenvalue weighted by Crippen LogP contribution is 2.33. The average Bonchev–Trinajstić information content (AvgIpc) is 2.61. The molecule has 3 aromatic rings. The summed E-state index contributed by atoms with van der Waals surface area (Å²) < 4.78 is 45.4. The van der Waals surface area contributed by atoms with Crippen LogP contribution in [0.15, 0.2) is 59.5 Å². The number of pyridine rings is 2. The van der Waals surface area contributed by atoms with Gasteiger partial charge in [0.25, 0.3) is 5.56 Å². The van der Waals surface area contributed by atoms with Crippen molar-refractivity contribution >= 4 is 11.5 Å². The highest BCUT2D eigenvalue weighted by molar-refractivity contribution is 6.04. The number of halogens is 3. The zero-order valence-electron chi connectivity index (χ0n) is 13.7. The molecule has 7 heteroatoms. The normalized spacial score (nSPS) is 11.5. The molecule has 134 valence electrons. The second-order valence-corrected chi connectivity index (χ2v) is 5.53. The highest BCUT2D eigenvalue weighted by atomic mass is 19.4. The zero-order chi connectivity index (χ0) is 18.9. The number of esters is 1. The van der Waals surface area contributed by atoms with E-state index in [2.05, 4.69) is 0 Å². The third-order valence-corrected chi connectivity index (χ3v) is 3.87. The van der Waals surface area contributed by atoms with Crippen LogP contribution in [0.25, 0.3) is 16.6 Å². The first-order chi connectivity index (χ1) is 12.3. The first-order valence-electron chi connectivity index (χ1n) is 7.82. The number of hydrogen-bond donors (Lipinski definition) is 0. The van der Waals surface area contributed by atoms with Gasteiger partial charge in [0.05, 0.1) is 23.3 Å². The second-order valence-electron chi connectivity index (χ2n) is 5.53. The standard InChI is InChI=1S/C19H14F3NO3/c1-2-26-18(25)17-14(11-16(24)23-9-4-3-8-15(17)23)12-6-5-7-13(10-12)19(20,21)22/h3-11H,2H2,1H3. The molecular formula is C19H14F3NO3. The maximum atomic E-state index is 13.0. The Hall–Kier alpha value is -3.09. The Kier molecular flexibility index (Phi) is 4.54. The SMILES string of the molecule is CCOC(=O)c1c(-c2cccc(C(F)(F)F)c2)cc(=O)n2ccccc12. The molecule has 0 aliphatic carbocycles. The highest BCUT2D eigenvalue weighted by Gasteiger charge is 2.31. The zero-order valence-corrected chi connectivity index (χ0v) is 13.7. The molecule has 0 amide bonds. The van der Waals surface area contributed by atoms with E-state index >= 15 is 0 Å². The predicted octanol–water partition coefficient (Wildman–Crippen LogP) is 4.16. The van der Waals surface area contributed by atoms with Gasteiger partial charge < -0.3 is 4.74 Å². The Morgan fingerprint density at radius 3 is 2.58 bits per heavy atom. The van der Waals surface area contributed by atoms with E-state index in [-0.39, 0.29) is 28.8 Å². The number of carbonyl (C=O) groups is 1. The number of nitrogens with zero attached hydrogens (tertiary/aromatic N) is 1. The van der Waals surface area contributed by atoms with E-state index in [1.54, 1.807) is 25.1 Å². The second kappa shape index (κ2) is 6.67. The van der Waals surface area contributed by atoms with Crippen molar-refractivity contribution in [2.45, 2.75) is 13.1 Å². The Morgan fingerprint density at radius 2 is 1.88 bits per heavy atom. The Bertz CT molecular complexity index is 1040. The largest absolute Gasteiger partial charge is 0.462 e. The lowest BCUT2D eigenvalue weighted by Gasteiger charge is -2.14. The van der Waals surface area contributed by atoms with Crippen molar-refractivity contribution in [3.05, 3.63) is 76.2 Å². The van der Waals surface area contributed by atoms with E-state index in [0.29, 0.717) is 0 Å². The lowest BCUT2D eigenvalue weighted by atomic mass is 9.97. The molecule has 0 bridgehead atoms. The molecule has 0 fully saturated rings. The first kappa shape index (κ1) is 17.7. The fourth-order valence-corrected chi connectivity index (χ4v) is 2.75. The maximum absolute atomic E-state index is 13.0. The van der Waals surface area contributed by atoms with Crippen LogP contribution in [-0.2, 0) is 10.9 Å². The predicted molar refractivity (Wildman–Crippen MR) is 90.1 cm³/mol. The van der Waals surface area contributed by atoms with E-state index in [4.69, 9.17) is 4.74 Å². The summed E-state index contributed by atoms with van der Waals surface area (Å²) in [6, 6.07) is 10.4. The molecule has 2 aromatic heterocycles. The minimum Gasteiger partial charge on any atom is -0.462 e. The van der Waals surface area contributed by atoms with E-state index in [9.17, 15) is 22.8 Å². The number of hydrogen-bond acceptors (Lipinski definition) is 3. The summed E-state index contributed by atoms with van der Waals surface area (Å²) in [5.41, 5.74) is -0.784. The van der Waals surface area contributed by atoms with Crippen LogP contribution >= 0.6 is 0 Å². The number of alkyl halides is 3. The van der Waals surface area contributed by atoms with Gasteiger partial charge in [0.1, 0.15) is 0 Å². The molecule has 0 saturated heterocycles. The Morgan fingerprint density at radius 1 is 1.12 bits per heavy atom. The van der Waals surface area contributed by atoms with Crippen LogP contribution in [0.1, 0.15) is 22.8 Å². The van der Waals surface area contributed by atoms with Crippen molar-refractivity contribution in [3.63, 3.8) is 0 Å². The van der Waals surface area contributed by atoms with Gasteiger partial charge in [0.2, 0.25) is 0 Å². The summed E-state index contributed by atoms with van der Waals surface area (Å²) >= 11 is 0. The number of rotatable bonds is 3. The topological polar surface area (TPSA) is 47.8 Å². The summed E-state index contributed by atoms with van der Waals surface area (Å²) in [4.78, 5) is 24.9. The van der Waals surface area contributed by atoms with Crippen molar-refractivity contribution in [2.24, 2.45) is 0 Å². The van der Waals surface area contributed by atoms with Crippen LogP contribution in [-0.4, -0.2) is 17.0 Å². The van der Waals surface area contributed by atoms with Crippen LogP contribution in [0.5, 0.6) is 0 Å². The number of fused-ring (bicyclic) bond motifs is 1. The molecule has 2 heterocycles. The van der Waals surface area contributed by atoms with Crippen LogP contribution in [0.3, 0.4) is 0 Å². The fraction of sp³-hybridized carbons (Fsp3) is 0.158. The van der Waals surface area contributed by atoms with Crippen molar-refractivity contribution in [1.82, 2.24) is 4.40 Å². The lowest BCUT2D eigenvalue weighted by molar-refractivity contribution is -0.137. The summed E-state index contributed by atoms with van der Waals surface area (Å²) in [6.45, 7) is 1.72. The molecule has 3 rings (SSSR count). The average molecular weight is 361 g/mol. The molecule has 0 saturated carbocycles. The monoisotopic (exact) mass is 361 g/mol. The van der Waals surface area contributed by atoms with E-state index < -0.39 is 23.3 Å². The molecule has 26 heavy (non-hydrogen) atoms. The molecule has 0 aliphatic heterocycles. The van der Waals surface area contributed by atoms with Crippen molar-refractivity contribution in [3.8, 4) is 11.1 Å². The molecule has 0 radical (unpaired) electrons. The Balaban J connectivity index is 2.34. The molecule has 1 aromatic carbocycles. The number of benzene rings is 1. The molecule has 0 unspecified atom stereocenters. The molecule has 0 N–H and O–H groups in total. The van der Waals surface area contributed by atoms with Crippen LogP contribution in [0.4, 0.5) is 13.2 Å². The number of aromatic nitrogens is 1. The van der Waals surface area contributed by atoms with Crippen molar-refractivity contribution < 1.29 is 22.7 Å². The van der Waals surface area contributed by atoms with E-state index in [1.807, 2.05) is 0 Å². The summed E-state index contributed by atoms with van der Waals surface area (Å²) in [6.07, 6.45) is -3.05. The van der Waals surface area contributed by atoms with Gasteiger partial charge in [-0.05, 0) is 36.8 Å². The number of ether oxygens (including phenoxy) is 1. The van der Waals surface area contributed by atoms with Gasteiger partial charge in [0, 0.05) is 17.8 Å². The molecule has 0 aliphatic rings. The van der Waals surface area contributed by atoms with Gasteiger partial charge in [-0.3, -0.25) is 9.20 Å². The van der Waals surface area contributed by atoms with Crippen LogP contribution < -0.4 is 5.56 Å². The van der Waals surface area contributed by atoms with Gasteiger partial charge in [0.15, 0.2) is 0 Å². The fourth-order valence-electron chi connectivity index (χ4n) is 2.75. The van der Waals surface area contributed by atoms with Gasteiger partial charge in [-0.25, -0.2) is 4.79 Å². The summed E-state index contributed by atoms with van der Waals surface area (Å²) in [5.74, 6) is -0.705. The molecular weight excluding hydrogens is 347 g/mol.